The molecule has 1 atom stereocenters. The van der Waals surface area contributed by atoms with Crippen molar-refractivity contribution >= 4 is 5.91 Å². The van der Waals surface area contributed by atoms with Crippen LogP contribution in [-0.4, -0.2) is 55.6 Å². The largest absolute Gasteiger partial charge is 0.497 e. The van der Waals surface area contributed by atoms with E-state index in [1.54, 1.807) is 11.8 Å². The number of methoxy groups -OCH3 is 1. The fourth-order valence-corrected chi connectivity index (χ4v) is 5.58. The van der Waals surface area contributed by atoms with Crippen LogP contribution < -0.4 is 4.74 Å². The number of para-hydroxylation sites is 1. The molecule has 1 fully saturated rings. The van der Waals surface area contributed by atoms with Crippen LogP contribution in [-0.2, 0) is 13.0 Å². The second kappa shape index (κ2) is 10.2. The van der Waals surface area contributed by atoms with Gasteiger partial charge in [0.2, 0.25) is 0 Å². The Labute approximate surface area is 216 Å². The molecule has 0 N–H and O–H groups in total. The summed E-state index contributed by atoms with van der Waals surface area (Å²) >= 11 is 0. The second-order valence-electron chi connectivity index (χ2n) is 9.93. The second-order valence-corrected chi connectivity index (χ2v) is 9.93. The standard InChI is InChI=1S/C29H32N6O2/c1-37-24-14-8-10-21(18-24)27-25(20-35(32-27)23-12-4-2-5-13-23)29(36)33-16-9-11-22(19-33)28-31-30-26-15-6-3-7-17-34(26)28/h2,4-5,8,10,12-14,18,20,22H,3,6-7,9,11,15-17,19H2,1H3. The summed E-state index contributed by atoms with van der Waals surface area (Å²) in [5.74, 6) is 3.07. The third-order valence-corrected chi connectivity index (χ3v) is 7.52. The molecule has 1 unspecified atom stereocenters. The van der Waals surface area contributed by atoms with Crippen LogP contribution in [0.3, 0.4) is 0 Å². The number of likely N-dealkylation sites (tertiary alicyclic amines) is 1. The van der Waals surface area contributed by atoms with Gasteiger partial charge in [0, 0.05) is 43.7 Å². The molecule has 2 aromatic heterocycles. The molecule has 0 aliphatic carbocycles. The molecule has 190 valence electrons. The zero-order chi connectivity index (χ0) is 25.2. The Morgan fingerprint density at radius 1 is 0.973 bits per heavy atom. The number of ether oxygens (including phenoxy) is 1. The predicted molar refractivity (Wildman–Crippen MR) is 141 cm³/mol. The maximum Gasteiger partial charge on any atom is 0.257 e. The summed E-state index contributed by atoms with van der Waals surface area (Å²) in [5.41, 5.74) is 3.02. The number of hydrogen-bond donors (Lipinski definition) is 0. The first-order chi connectivity index (χ1) is 18.2. The SMILES string of the molecule is COc1cccc(-c2nn(-c3ccccc3)cc2C(=O)N2CCCC(c3nnc4n3CCCCC4)C2)c1. The first kappa shape index (κ1) is 23.5. The van der Waals surface area contributed by atoms with Crippen molar-refractivity contribution in [3.8, 4) is 22.7 Å². The van der Waals surface area contributed by atoms with Crippen LogP contribution in [0.15, 0.2) is 60.8 Å². The molecule has 8 nitrogen and oxygen atoms in total. The fourth-order valence-electron chi connectivity index (χ4n) is 5.58. The first-order valence-electron chi connectivity index (χ1n) is 13.2. The summed E-state index contributed by atoms with van der Waals surface area (Å²) in [7, 11) is 1.65. The fraction of sp³-hybridized carbons (Fsp3) is 0.379. The summed E-state index contributed by atoms with van der Waals surface area (Å²) in [5, 5.41) is 14.0. The molecular formula is C29H32N6O2. The lowest BCUT2D eigenvalue weighted by Gasteiger charge is -2.32. The number of piperidine rings is 1. The van der Waals surface area contributed by atoms with E-state index in [4.69, 9.17) is 9.84 Å². The maximum atomic E-state index is 14.1. The minimum atomic E-state index is 0.000283. The van der Waals surface area contributed by atoms with Gasteiger partial charge in [-0.1, -0.05) is 36.8 Å². The van der Waals surface area contributed by atoms with Crippen molar-refractivity contribution in [3.05, 3.63) is 78.0 Å². The number of rotatable bonds is 5. The van der Waals surface area contributed by atoms with Gasteiger partial charge < -0.3 is 14.2 Å². The van der Waals surface area contributed by atoms with Gasteiger partial charge in [0.05, 0.1) is 18.4 Å². The third-order valence-electron chi connectivity index (χ3n) is 7.52. The Bertz CT molecular complexity index is 1390. The first-order valence-corrected chi connectivity index (χ1v) is 13.2. The summed E-state index contributed by atoms with van der Waals surface area (Å²) in [6.45, 7) is 2.35. The van der Waals surface area contributed by atoms with Crippen LogP contribution >= 0.6 is 0 Å². The summed E-state index contributed by atoms with van der Waals surface area (Å²) < 4.78 is 9.56. The molecular weight excluding hydrogens is 464 g/mol. The Morgan fingerprint density at radius 2 is 1.86 bits per heavy atom. The van der Waals surface area contributed by atoms with Crippen molar-refractivity contribution in [3.63, 3.8) is 0 Å². The van der Waals surface area contributed by atoms with Gasteiger partial charge in [-0.2, -0.15) is 5.10 Å². The lowest BCUT2D eigenvalue weighted by atomic mass is 9.96. The van der Waals surface area contributed by atoms with Gasteiger partial charge in [0.15, 0.2) is 0 Å². The highest BCUT2D eigenvalue weighted by Crippen LogP contribution is 2.32. The van der Waals surface area contributed by atoms with Crippen molar-refractivity contribution in [2.45, 2.75) is 51.0 Å². The molecule has 2 aliphatic rings. The number of amides is 1. The number of aromatic nitrogens is 5. The van der Waals surface area contributed by atoms with Gasteiger partial charge in [0.1, 0.15) is 23.1 Å². The van der Waals surface area contributed by atoms with E-state index in [1.807, 2.05) is 65.7 Å². The van der Waals surface area contributed by atoms with Crippen molar-refractivity contribution in [1.82, 2.24) is 29.4 Å². The number of aryl methyl sites for hydroxylation is 1. The number of nitrogens with zero attached hydrogens (tertiary/aromatic N) is 6. The van der Waals surface area contributed by atoms with Crippen LogP contribution in [0, 0.1) is 0 Å². The third kappa shape index (κ3) is 4.63. The smallest absolute Gasteiger partial charge is 0.257 e. The minimum absolute atomic E-state index is 0.000283. The number of fused-ring (bicyclic) bond motifs is 1. The quantitative estimate of drug-likeness (QED) is 0.393. The Morgan fingerprint density at radius 3 is 2.73 bits per heavy atom. The molecule has 0 saturated carbocycles. The van der Waals surface area contributed by atoms with Crippen molar-refractivity contribution in [2.24, 2.45) is 0 Å². The molecule has 6 rings (SSSR count). The highest BCUT2D eigenvalue weighted by Gasteiger charge is 2.32. The monoisotopic (exact) mass is 496 g/mol. The van der Waals surface area contributed by atoms with E-state index in [9.17, 15) is 4.79 Å². The number of carbonyl (C=O) groups excluding carboxylic acids is 1. The van der Waals surface area contributed by atoms with Crippen LogP contribution in [0.4, 0.5) is 0 Å². The molecule has 0 spiro atoms. The summed E-state index contributed by atoms with van der Waals surface area (Å²) in [6, 6.07) is 17.6. The van der Waals surface area contributed by atoms with Crippen LogP contribution in [0.2, 0.25) is 0 Å². The average Bonchev–Trinajstić information content (AvgIpc) is 3.51. The zero-order valence-corrected chi connectivity index (χ0v) is 21.2. The lowest BCUT2D eigenvalue weighted by molar-refractivity contribution is 0.0704. The van der Waals surface area contributed by atoms with Gasteiger partial charge in [-0.3, -0.25) is 4.79 Å². The van der Waals surface area contributed by atoms with Crippen LogP contribution in [0.25, 0.3) is 16.9 Å². The molecule has 4 aromatic rings. The molecule has 8 heteroatoms. The van der Waals surface area contributed by atoms with Gasteiger partial charge >= 0.3 is 0 Å². The topological polar surface area (TPSA) is 78.1 Å². The van der Waals surface area contributed by atoms with Crippen molar-refractivity contribution < 1.29 is 9.53 Å². The summed E-state index contributed by atoms with van der Waals surface area (Å²) in [4.78, 5) is 16.0. The molecule has 0 bridgehead atoms. The van der Waals surface area contributed by atoms with Crippen LogP contribution in [0.5, 0.6) is 5.75 Å². The molecule has 2 aromatic carbocycles. The van der Waals surface area contributed by atoms with Crippen molar-refractivity contribution in [1.29, 1.82) is 0 Å². The zero-order valence-electron chi connectivity index (χ0n) is 21.2. The van der Waals surface area contributed by atoms with Gasteiger partial charge in [-0.15, -0.1) is 10.2 Å². The van der Waals surface area contributed by atoms with Crippen molar-refractivity contribution in [2.75, 3.05) is 20.2 Å². The Hall–Kier alpha value is -3.94. The molecule has 0 radical (unpaired) electrons. The Balaban J connectivity index is 1.33. The molecule has 1 saturated heterocycles. The Kier molecular flexibility index (Phi) is 6.47. The molecule has 4 heterocycles. The normalized spacial score (nSPS) is 17.8. The highest BCUT2D eigenvalue weighted by molar-refractivity contribution is 6.00. The number of carbonyl (C=O) groups is 1. The predicted octanol–water partition coefficient (Wildman–Crippen LogP) is 4.89. The summed E-state index contributed by atoms with van der Waals surface area (Å²) in [6.07, 6.45) is 8.39. The molecule has 2 aliphatic heterocycles. The minimum Gasteiger partial charge on any atom is -0.497 e. The van der Waals surface area contributed by atoms with E-state index in [0.29, 0.717) is 17.8 Å². The molecule has 1 amide bonds. The van der Waals surface area contributed by atoms with Gasteiger partial charge in [-0.05, 0) is 49.9 Å². The van der Waals surface area contributed by atoms with E-state index in [2.05, 4.69) is 14.8 Å². The van der Waals surface area contributed by atoms with Gasteiger partial charge in [0.25, 0.3) is 5.91 Å². The van der Waals surface area contributed by atoms with E-state index in [1.165, 1.54) is 12.8 Å². The molecule has 37 heavy (non-hydrogen) atoms. The van der Waals surface area contributed by atoms with Crippen LogP contribution in [0.1, 0.15) is 60.0 Å². The van der Waals surface area contributed by atoms with E-state index >= 15 is 0 Å². The van der Waals surface area contributed by atoms with Gasteiger partial charge in [-0.25, -0.2) is 4.68 Å². The van der Waals surface area contributed by atoms with E-state index < -0.39 is 0 Å². The van der Waals surface area contributed by atoms with E-state index in [0.717, 1.165) is 67.4 Å². The highest BCUT2D eigenvalue weighted by atomic mass is 16.5. The average molecular weight is 497 g/mol. The number of benzene rings is 2. The maximum absolute atomic E-state index is 14.1. The lowest BCUT2D eigenvalue weighted by Crippen LogP contribution is -2.40. The number of hydrogen-bond acceptors (Lipinski definition) is 5. The van der Waals surface area contributed by atoms with E-state index in [-0.39, 0.29) is 11.8 Å².